The molecule has 0 unspecified atom stereocenters. The molecule has 2 aliphatic rings. The van der Waals surface area contributed by atoms with Gasteiger partial charge in [-0.05, 0) is 50.5 Å². The van der Waals surface area contributed by atoms with E-state index in [2.05, 4.69) is 46.3 Å². The molecule has 7 nitrogen and oxygen atoms in total. The van der Waals surface area contributed by atoms with Crippen LogP contribution < -0.4 is 4.90 Å². The number of carbonyl (C=O) groups excluding carboxylic acids is 2. The van der Waals surface area contributed by atoms with Gasteiger partial charge < -0.3 is 14.7 Å². The van der Waals surface area contributed by atoms with E-state index >= 15 is 0 Å². The molecule has 2 aromatic carbocycles. The number of amides is 2. The summed E-state index contributed by atoms with van der Waals surface area (Å²) in [6.07, 6.45) is 1.94. The van der Waals surface area contributed by atoms with Crippen LogP contribution in [0.15, 0.2) is 60.7 Å². The fourth-order valence-corrected chi connectivity index (χ4v) is 4.52. The molecule has 1 aromatic heterocycles. The monoisotopic (exact) mass is 469 g/mol. The highest BCUT2D eigenvalue weighted by molar-refractivity contribution is 5.98. The van der Waals surface area contributed by atoms with E-state index in [0.29, 0.717) is 31.7 Å². The number of anilines is 1. The Morgan fingerprint density at radius 2 is 1.60 bits per heavy atom. The second-order valence-electron chi connectivity index (χ2n) is 9.49. The van der Waals surface area contributed by atoms with Crippen molar-refractivity contribution < 1.29 is 9.59 Å². The summed E-state index contributed by atoms with van der Waals surface area (Å²) in [5.41, 5.74) is 4.74. The van der Waals surface area contributed by atoms with E-state index < -0.39 is 0 Å². The van der Waals surface area contributed by atoms with Gasteiger partial charge in [-0.3, -0.25) is 9.59 Å². The topological polar surface area (TPSA) is 69.6 Å². The molecule has 2 heterocycles. The minimum Gasteiger partial charge on any atom is -0.352 e. The Labute approximate surface area is 206 Å². The predicted octanol–water partition coefficient (Wildman–Crippen LogP) is 3.71. The number of piperazine rings is 1. The van der Waals surface area contributed by atoms with Crippen molar-refractivity contribution in [1.82, 2.24) is 20.0 Å². The van der Waals surface area contributed by atoms with Crippen molar-refractivity contribution in [3.05, 3.63) is 77.4 Å². The number of benzene rings is 2. The third-order valence-corrected chi connectivity index (χ3v) is 6.88. The zero-order valence-electron chi connectivity index (χ0n) is 20.4. The Bertz CT molecular complexity index is 1200. The van der Waals surface area contributed by atoms with Crippen LogP contribution in [0.4, 0.5) is 5.82 Å². The number of hydrogen-bond donors (Lipinski definition) is 0. The Balaban J connectivity index is 1.18. The van der Waals surface area contributed by atoms with Crippen molar-refractivity contribution in [3.8, 4) is 11.3 Å². The van der Waals surface area contributed by atoms with Gasteiger partial charge in [0.15, 0.2) is 5.82 Å². The number of hydrogen-bond acceptors (Lipinski definition) is 5. The molecule has 2 fully saturated rings. The van der Waals surface area contributed by atoms with E-state index in [1.807, 2.05) is 48.2 Å². The summed E-state index contributed by atoms with van der Waals surface area (Å²) in [6, 6.07) is 20.0. The van der Waals surface area contributed by atoms with Gasteiger partial charge in [0.25, 0.3) is 5.91 Å². The fourth-order valence-electron chi connectivity index (χ4n) is 4.52. The third-order valence-electron chi connectivity index (χ3n) is 6.88. The first-order valence-corrected chi connectivity index (χ1v) is 12.3. The summed E-state index contributed by atoms with van der Waals surface area (Å²) in [4.78, 5) is 32.1. The molecule has 0 spiro atoms. The molecule has 0 bridgehead atoms. The molecule has 0 radical (unpaired) electrons. The molecular weight excluding hydrogens is 438 g/mol. The highest BCUT2D eigenvalue weighted by atomic mass is 16.2. The highest BCUT2D eigenvalue weighted by Crippen LogP contribution is 2.29. The molecule has 180 valence electrons. The van der Waals surface area contributed by atoms with Crippen molar-refractivity contribution in [2.45, 2.75) is 32.7 Å². The Hall–Kier alpha value is -3.74. The number of aromatic nitrogens is 2. The largest absolute Gasteiger partial charge is 0.352 e. The van der Waals surface area contributed by atoms with Gasteiger partial charge in [0.05, 0.1) is 5.69 Å². The normalized spacial score (nSPS) is 15.7. The van der Waals surface area contributed by atoms with Gasteiger partial charge in [-0.25, -0.2) is 0 Å². The second kappa shape index (κ2) is 9.86. The standard InChI is InChI=1S/C28H31N5O2/c1-20-7-9-22(10-8-20)25-13-14-26(30-29-25)31-15-17-32(18-16-31)27(34)19-33(23-11-12-23)28(35)24-6-4-3-5-21(24)2/h3-10,13-14,23H,11-12,15-19H2,1-2H3. The van der Waals surface area contributed by atoms with E-state index in [-0.39, 0.29) is 24.4 Å². The molecule has 7 heteroatoms. The lowest BCUT2D eigenvalue weighted by Crippen LogP contribution is -2.52. The van der Waals surface area contributed by atoms with E-state index in [4.69, 9.17) is 0 Å². The SMILES string of the molecule is Cc1ccc(-c2ccc(N3CCN(C(=O)CN(C(=O)c4ccccc4C)C4CC4)CC3)nn2)cc1. The first kappa shape index (κ1) is 23.0. The van der Waals surface area contributed by atoms with Crippen LogP contribution in [0.25, 0.3) is 11.3 Å². The van der Waals surface area contributed by atoms with E-state index in [1.165, 1.54) is 5.56 Å². The number of carbonyl (C=O) groups is 2. The average Bonchev–Trinajstić information content (AvgIpc) is 3.73. The summed E-state index contributed by atoms with van der Waals surface area (Å²) < 4.78 is 0. The number of aryl methyl sites for hydroxylation is 2. The molecular formula is C28H31N5O2. The number of rotatable bonds is 6. The van der Waals surface area contributed by atoms with Crippen LogP contribution in [0.2, 0.25) is 0 Å². The molecule has 3 aromatic rings. The minimum atomic E-state index is -0.0403. The van der Waals surface area contributed by atoms with E-state index in [9.17, 15) is 9.59 Å². The van der Waals surface area contributed by atoms with E-state index in [0.717, 1.165) is 35.5 Å². The van der Waals surface area contributed by atoms with Gasteiger partial charge >= 0.3 is 0 Å². The van der Waals surface area contributed by atoms with Crippen molar-refractivity contribution in [2.24, 2.45) is 0 Å². The third kappa shape index (κ3) is 5.19. The molecule has 1 aliphatic carbocycles. The first-order chi connectivity index (χ1) is 17.0. The molecule has 1 saturated carbocycles. The van der Waals surface area contributed by atoms with Crippen LogP contribution >= 0.6 is 0 Å². The maximum absolute atomic E-state index is 13.2. The van der Waals surface area contributed by atoms with Crippen molar-refractivity contribution >= 4 is 17.6 Å². The van der Waals surface area contributed by atoms with Gasteiger partial charge in [-0.2, -0.15) is 0 Å². The molecule has 5 rings (SSSR count). The summed E-state index contributed by atoms with van der Waals surface area (Å²) in [5.74, 6) is 0.795. The summed E-state index contributed by atoms with van der Waals surface area (Å²) in [7, 11) is 0. The van der Waals surface area contributed by atoms with E-state index in [1.54, 1.807) is 4.90 Å². The average molecular weight is 470 g/mol. The minimum absolute atomic E-state index is 0.0132. The zero-order valence-corrected chi connectivity index (χ0v) is 20.4. The maximum Gasteiger partial charge on any atom is 0.254 e. The highest BCUT2D eigenvalue weighted by Gasteiger charge is 2.36. The summed E-state index contributed by atoms with van der Waals surface area (Å²) in [6.45, 7) is 6.75. The lowest BCUT2D eigenvalue weighted by molar-refractivity contribution is -0.132. The van der Waals surface area contributed by atoms with Crippen molar-refractivity contribution in [1.29, 1.82) is 0 Å². The maximum atomic E-state index is 13.2. The van der Waals surface area contributed by atoms with Crippen LogP contribution in [-0.2, 0) is 4.79 Å². The first-order valence-electron chi connectivity index (χ1n) is 12.3. The van der Waals surface area contributed by atoms with Crippen molar-refractivity contribution in [3.63, 3.8) is 0 Å². The van der Waals surface area contributed by atoms with Crippen LogP contribution in [0.5, 0.6) is 0 Å². The molecule has 1 aliphatic heterocycles. The lowest BCUT2D eigenvalue weighted by atomic mass is 10.1. The van der Waals surface area contributed by atoms with Crippen molar-refractivity contribution in [2.75, 3.05) is 37.6 Å². The smallest absolute Gasteiger partial charge is 0.254 e. The molecule has 2 amide bonds. The Morgan fingerprint density at radius 3 is 2.23 bits per heavy atom. The summed E-state index contributed by atoms with van der Waals surface area (Å²) in [5, 5.41) is 8.85. The molecule has 0 N–H and O–H groups in total. The van der Waals surface area contributed by atoms with Gasteiger partial charge in [0.2, 0.25) is 5.91 Å². The van der Waals surface area contributed by atoms with Crippen LogP contribution in [-0.4, -0.2) is 70.6 Å². The number of nitrogens with zero attached hydrogens (tertiary/aromatic N) is 5. The Morgan fingerprint density at radius 1 is 0.886 bits per heavy atom. The molecule has 1 saturated heterocycles. The molecule has 35 heavy (non-hydrogen) atoms. The quantitative estimate of drug-likeness (QED) is 0.551. The zero-order chi connectivity index (χ0) is 24.4. The second-order valence-corrected chi connectivity index (χ2v) is 9.49. The van der Waals surface area contributed by atoms with Gasteiger partial charge in [0, 0.05) is 43.3 Å². The Kier molecular flexibility index (Phi) is 6.49. The molecule has 0 atom stereocenters. The lowest BCUT2D eigenvalue weighted by Gasteiger charge is -2.36. The predicted molar refractivity (Wildman–Crippen MR) is 136 cm³/mol. The van der Waals surface area contributed by atoms with Gasteiger partial charge in [0.1, 0.15) is 6.54 Å². The fraction of sp³-hybridized carbons (Fsp3) is 0.357. The van der Waals surface area contributed by atoms with Gasteiger partial charge in [-0.15, -0.1) is 10.2 Å². The summed E-state index contributed by atoms with van der Waals surface area (Å²) >= 11 is 0. The van der Waals surface area contributed by atoms with Crippen LogP contribution in [0.1, 0.15) is 34.3 Å². The van der Waals surface area contributed by atoms with Crippen LogP contribution in [0, 0.1) is 13.8 Å². The van der Waals surface area contributed by atoms with Crippen LogP contribution in [0.3, 0.4) is 0 Å². The van der Waals surface area contributed by atoms with Gasteiger partial charge in [-0.1, -0.05) is 48.0 Å².